The number of carbonyl (C=O) groups is 1. The molecule has 0 spiro atoms. The summed E-state index contributed by atoms with van der Waals surface area (Å²) in [4.78, 5) is 15.3. The summed E-state index contributed by atoms with van der Waals surface area (Å²) in [5.74, 6) is -0.545. The molecular formula is C14H7Br2NO3. The number of benzene rings is 2. The number of carboxylic acid groups (broad SMARTS) is 1. The van der Waals surface area contributed by atoms with E-state index in [1.54, 1.807) is 6.07 Å². The molecule has 2 aromatic carbocycles. The number of fused-ring (bicyclic) bond motifs is 1. The first-order chi connectivity index (χ1) is 9.54. The molecule has 0 saturated carbocycles. The van der Waals surface area contributed by atoms with Gasteiger partial charge in [0.2, 0.25) is 5.89 Å². The fraction of sp³-hybridized carbons (Fsp3) is 0. The van der Waals surface area contributed by atoms with Gasteiger partial charge in [-0.2, -0.15) is 0 Å². The molecule has 3 rings (SSSR count). The van der Waals surface area contributed by atoms with Gasteiger partial charge in [-0.05, 0) is 52.3 Å². The summed E-state index contributed by atoms with van der Waals surface area (Å²) in [6.07, 6.45) is 0. The molecule has 1 aromatic heterocycles. The topological polar surface area (TPSA) is 63.3 Å². The normalized spacial score (nSPS) is 10.9. The van der Waals surface area contributed by atoms with Gasteiger partial charge in [0.05, 0.1) is 11.1 Å². The van der Waals surface area contributed by atoms with Crippen LogP contribution in [-0.4, -0.2) is 16.1 Å². The lowest BCUT2D eigenvalue weighted by Crippen LogP contribution is -1.94. The van der Waals surface area contributed by atoms with Crippen LogP contribution in [-0.2, 0) is 0 Å². The SMILES string of the molecule is O=C(O)c1ccc2nc(-c3ccc(Br)cc3Br)oc2c1. The molecule has 0 aliphatic carbocycles. The third-order valence-corrected chi connectivity index (χ3v) is 3.95. The molecule has 6 heteroatoms. The maximum absolute atomic E-state index is 10.9. The number of aromatic nitrogens is 1. The van der Waals surface area contributed by atoms with E-state index in [0.29, 0.717) is 17.0 Å². The molecule has 1 N–H and O–H groups in total. The fourth-order valence-corrected chi connectivity index (χ4v) is 3.05. The predicted octanol–water partition coefficient (Wildman–Crippen LogP) is 4.72. The highest BCUT2D eigenvalue weighted by Crippen LogP contribution is 2.32. The number of aromatic carboxylic acids is 1. The van der Waals surface area contributed by atoms with Gasteiger partial charge in [0.25, 0.3) is 0 Å². The lowest BCUT2D eigenvalue weighted by Gasteiger charge is -1.99. The van der Waals surface area contributed by atoms with E-state index in [2.05, 4.69) is 36.8 Å². The molecule has 0 aliphatic heterocycles. The van der Waals surface area contributed by atoms with Crippen LogP contribution in [0.1, 0.15) is 10.4 Å². The first-order valence-electron chi connectivity index (χ1n) is 5.64. The standard InChI is InChI=1S/C14H7Br2NO3/c15-8-2-3-9(10(16)6-8)13-17-11-4-1-7(14(18)19)5-12(11)20-13/h1-6H,(H,18,19). The number of hydrogen-bond donors (Lipinski definition) is 1. The molecule has 0 bridgehead atoms. The number of oxazole rings is 1. The van der Waals surface area contributed by atoms with Crippen molar-refractivity contribution in [2.75, 3.05) is 0 Å². The molecule has 3 aromatic rings. The van der Waals surface area contributed by atoms with E-state index < -0.39 is 5.97 Å². The van der Waals surface area contributed by atoms with Gasteiger partial charge in [0.1, 0.15) is 5.52 Å². The molecule has 0 unspecified atom stereocenters. The maximum atomic E-state index is 10.9. The average molecular weight is 397 g/mol. The second-order valence-corrected chi connectivity index (χ2v) is 5.90. The zero-order valence-corrected chi connectivity index (χ0v) is 13.1. The van der Waals surface area contributed by atoms with Crippen molar-refractivity contribution in [2.24, 2.45) is 0 Å². The average Bonchev–Trinajstić information content (AvgIpc) is 2.80. The van der Waals surface area contributed by atoms with Crippen molar-refractivity contribution >= 4 is 48.9 Å². The van der Waals surface area contributed by atoms with E-state index in [1.165, 1.54) is 12.1 Å². The molecule has 0 atom stereocenters. The van der Waals surface area contributed by atoms with Crippen molar-refractivity contribution in [2.45, 2.75) is 0 Å². The zero-order valence-electron chi connectivity index (χ0n) is 9.93. The molecule has 0 aliphatic rings. The first-order valence-corrected chi connectivity index (χ1v) is 7.22. The van der Waals surface area contributed by atoms with Gasteiger partial charge in [-0.1, -0.05) is 15.9 Å². The lowest BCUT2D eigenvalue weighted by molar-refractivity contribution is 0.0697. The summed E-state index contributed by atoms with van der Waals surface area (Å²) in [6, 6.07) is 10.3. The largest absolute Gasteiger partial charge is 0.478 e. The van der Waals surface area contributed by atoms with Crippen molar-refractivity contribution in [3.8, 4) is 11.5 Å². The minimum atomic E-state index is -0.991. The van der Waals surface area contributed by atoms with Gasteiger partial charge in [-0.15, -0.1) is 0 Å². The van der Waals surface area contributed by atoms with E-state index in [1.807, 2.05) is 18.2 Å². The van der Waals surface area contributed by atoms with Crippen molar-refractivity contribution in [3.05, 3.63) is 50.9 Å². The molecular weight excluding hydrogens is 390 g/mol. The minimum absolute atomic E-state index is 0.176. The maximum Gasteiger partial charge on any atom is 0.335 e. The van der Waals surface area contributed by atoms with Crippen LogP contribution in [0.2, 0.25) is 0 Å². The number of hydrogen-bond acceptors (Lipinski definition) is 3. The monoisotopic (exact) mass is 395 g/mol. The van der Waals surface area contributed by atoms with Crippen LogP contribution >= 0.6 is 31.9 Å². The van der Waals surface area contributed by atoms with E-state index in [4.69, 9.17) is 9.52 Å². The van der Waals surface area contributed by atoms with Crippen molar-refractivity contribution in [1.29, 1.82) is 0 Å². The van der Waals surface area contributed by atoms with Crippen LogP contribution in [0.5, 0.6) is 0 Å². The van der Waals surface area contributed by atoms with Gasteiger partial charge in [0, 0.05) is 8.95 Å². The van der Waals surface area contributed by atoms with Gasteiger partial charge in [-0.3, -0.25) is 0 Å². The van der Waals surface area contributed by atoms with Crippen LogP contribution in [0.25, 0.3) is 22.6 Å². The van der Waals surface area contributed by atoms with E-state index in [0.717, 1.165) is 14.5 Å². The summed E-state index contributed by atoms with van der Waals surface area (Å²) in [6.45, 7) is 0. The summed E-state index contributed by atoms with van der Waals surface area (Å²) < 4.78 is 7.43. The van der Waals surface area contributed by atoms with Crippen molar-refractivity contribution in [3.63, 3.8) is 0 Å². The molecule has 0 amide bonds. The lowest BCUT2D eigenvalue weighted by atomic mass is 10.2. The Kier molecular flexibility index (Phi) is 3.35. The Morgan fingerprint density at radius 1 is 1.15 bits per heavy atom. The number of halogens is 2. The van der Waals surface area contributed by atoms with Gasteiger partial charge in [-0.25, -0.2) is 9.78 Å². The van der Waals surface area contributed by atoms with Gasteiger partial charge < -0.3 is 9.52 Å². The fourth-order valence-electron chi connectivity index (χ4n) is 1.84. The zero-order chi connectivity index (χ0) is 14.3. The predicted molar refractivity (Wildman–Crippen MR) is 81.8 cm³/mol. The Morgan fingerprint density at radius 2 is 1.95 bits per heavy atom. The summed E-state index contributed by atoms with van der Waals surface area (Å²) in [5.41, 5.74) is 2.06. The third-order valence-electron chi connectivity index (χ3n) is 2.80. The molecule has 0 saturated heterocycles. The van der Waals surface area contributed by atoms with Crippen molar-refractivity contribution in [1.82, 2.24) is 4.98 Å². The summed E-state index contributed by atoms with van der Waals surface area (Å²) >= 11 is 6.84. The first kappa shape index (κ1) is 13.3. The molecule has 20 heavy (non-hydrogen) atoms. The van der Waals surface area contributed by atoms with Crippen LogP contribution < -0.4 is 0 Å². The van der Waals surface area contributed by atoms with E-state index in [-0.39, 0.29) is 5.56 Å². The number of nitrogens with zero attached hydrogens (tertiary/aromatic N) is 1. The minimum Gasteiger partial charge on any atom is -0.478 e. The van der Waals surface area contributed by atoms with Crippen LogP contribution in [0.3, 0.4) is 0 Å². The second kappa shape index (κ2) is 5.03. The Balaban J connectivity index is 2.15. The quantitative estimate of drug-likeness (QED) is 0.680. The highest BCUT2D eigenvalue weighted by molar-refractivity contribution is 9.11. The highest BCUT2D eigenvalue weighted by Gasteiger charge is 2.13. The molecule has 4 nitrogen and oxygen atoms in total. The molecule has 0 fully saturated rings. The summed E-state index contributed by atoms with van der Waals surface area (Å²) in [5, 5.41) is 8.97. The number of rotatable bonds is 2. The van der Waals surface area contributed by atoms with E-state index >= 15 is 0 Å². The molecule has 100 valence electrons. The highest BCUT2D eigenvalue weighted by atomic mass is 79.9. The Bertz CT molecular complexity index is 826. The van der Waals surface area contributed by atoms with Crippen molar-refractivity contribution < 1.29 is 14.3 Å². The van der Waals surface area contributed by atoms with Crippen LogP contribution in [0, 0.1) is 0 Å². The summed E-state index contributed by atoms with van der Waals surface area (Å²) in [7, 11) is 0. The Hall–Kier alpha value is -1.66. The van der Waals surface area contributed by atoms with E-state index in [9.17, 15) is 4.79 Å². The smallest absolute Gasteiger partial charge is 0.335 e. The Morgan fingerprint density at radius 3 is 2.65 bits per heavy atom. The van der Waals surface area contributed by atoms with Crippen LogP contribution in [0.4, 0.5) is 0 Å². The second-order valence-electron chi connectivity index (χ2n) is 4.13. The third kappa shape index (κ3) is 2.36. The van der Waals surface area contributed by atoms with Gasteiger partial charge in [0.15, 0.2) is 5.58 Å². The van der Waals surface area contributed by atoms with Crippen LogP contribution in [0.15, 0.2) is 49.8 Å². The Labute approximate surface area is 130 Å². The number of carboxylic acids is 1. The van der Waals surface area contributed by atoms with Gasteiger partial charge >= 0.3 is 5.97 Å². The molecule has 0 radical (unpaired) electrons. The molecule has 1 heterocycles.